The van der Waals surface area contributed by atoms with Crippen LogP contribution in [-0.4, -0.2) is 18.4 Å². The zero-order valence-corrected chi connectivity index (χ0v) is 11.6. The molecular formula is C17H19NO. The van der Waals surface area contributed by atoms with Crippen molar-refractivity contribution in [3.63, 3.8) is 0 Å². The molecule has 0 aliphatic heterocycles. The summed E-state index contributed by atoms with van der Waals surface area (Å²) in [7, 11) is 1.70. The Hall–Kier alpha value is -2.09. The molecule has 2 heteroatoms. The van der Waals surface area contributed by atoms with E-state index in [9.17, 15) is 5.11 Å². The van der Waals surface area contributed by atoms with Gasteiger partial charge in [0.2, 0.25) is 0 Å². The van der Waals surface area contributed by atoms with Crippen molar-refractivity contribution in [3.05, 3.63) is 65.2 Å². The van der Waals surface area contributed by atoms with E-state index in [1.807, 2.05) is 36.4 Å². The van der Waals surface area contributed by atoms with Gasteiger partial charge < -0.3 is 5.11 Å². The molecule has 0 aromatic heterocycles. The van der Waals surface area contributed by atoms with Gasteiger partial charge in [0.05, 0.1) is 0 Å². The molecule has 0 aliphatic carbocycles. The molecule has 2 nitrogen and oxygen atoms in total. The Balaban J connectivity index is 2.55. The van der Waals surface area contributed by atoms with Crippen LogP contribution in [0.1, 0.15) is 30.5 Å². The largest absolute Gasteiger partial charge is 0.507 e. The maximum atomic E-state index is 10.4. The molecule has 0 spiro atoms. The SMILES string of the molecule is CN=Cc1cccc(C(C)(C)c2ccccc2)c1O. The van der Waals surface area contributed by atoms with Crippen LogP contribution in [0.5, 0.6) is 5.75 Å². The summed E-state index contributed by atoms with van der Waals surface area (Å²) >= 11 is 0. The number of nitrogens with zero attached hydrogens (tertiary/aromatic N) is 1. The van der Waals surface area contributed by atoms with Gasteiger partial charge in [0.15, 0.2) is 0 Å². The number of para-hydroxylation sites is 1. The third-order valence-electron chi connectivity index (χ3n) is 3.50. The van der Waals surface area contributed by atoms with Gasteiger partial charge in [0.25, 0.3) is 0 Å². The van der Waals surface area contributed by atoms with Crippen LogP contribution < -0.4 is 0 Å². The van der Waals surface area contributed by atoms with Crippen LogP contribution >= 0.6 is 0 Å². The summed E-state index contributed by atoms with van der Waals surface area (Å²) in [6, 6.07) is 16.0. The van der Waals surface area contributed by atoms with Gasteiger partial charge in [-0.3, -0.25) is 4.99 Å². The molecule has 0 atom stereocenters. The summed E-state index contributed by atoms with van der Waals surface area (Å²) in [5.41, 5.74) is 2.60. The van der Waals surface area contributed by atoms with Crippen LogP contribution in [0, 0.1) is 0 Å². The molecule has 1 N–H and O–H groups in total. The molecule has 0 fully saturated rings. The van der Waals surface area contributed by atoms with Crippen LogP contribution in [0.25, 0.3) is 0 Å². The second kappa shape index (κ2) is 5.27. The van der Waals surface area contributed by atoms with Crippen molar-refractivity contribution in [2.24, 2.45) is 4.99 Å². The third kappa shape index (κ3) is 2.53. The van der Waals surface area contributed by atoms with E-state index in [0.717, 1.165) is 11.1 Å². The number of hydrogen-bond acceptors (Lipinski definition) is 2. The van der Waals surface area contributed by atoms with E-state index >= 15 is 0 Å². The first-order valence-corrected chi connectivity index (χ1v) is 6.37. The molecular weight excluding hydrogens is 234 g/mol. The molecule has 0 saturated carbocycles. The maximum Gasteiger partial charge on any atom is 0.128 e. The predicted octanol–water partition coefficient (Wildman–Crippen LogP) is 3.77. The lowest BCUT2D eigenvalue weighted by Crippen LogP contribution is -2.19. The number of rotatable bonds is 3. The summed E-state index contributed by atoms with van der Waals surface area (Å²) in [5.74, 6) is 0.307. The molecule has 19 heavy (non-hydrogen) atoms. The van der Waals surface area contributed by atoms with Crippen LogP contribution in [0.2, 0.25) is 0 Å². The highest BCUT2D eigenvalue weighted by molar-refractivity contribution is 5.84. The quantitative estimate of drug-likeness (QED) is 0.830. The zero-order chi connectivity index (χ0) is 13.9. The summed E-state index contributed by atoms with van der Waals surface area (Å²) in [6.45, 7) is 4.23. The smallest absolute Gasteiger partial charge is 0.128 e. The fraction of sp³-hybridized carbons (Fsp3) is 0.235. The average Bonchev–Trinajstić information content (AvgIpc) is 2.42. The molecule has 0 heterocycles. The minimum Gasteiger partial charge on any atom is -0.507 e. The zero-order valence-electron chi connectivity index (χ0n) is 11.6. The van der Waals surface area contributed by atoms with E-state index in [1.165, 1.54) is 5.56 Å². The lowest BCUT2D eigenvalue weighted by Gasteiger charge is -2.27. The first kappa shape index (κ1) is 13.3. The van der Waals surface area contributed by atoms with E-state index in [1.54, 1.807) is 13.3 Å². The first-order valence-electron chi connectivity index (χ1n) is 6.37. The van der Waals surface area contributed by atoms with Crippen LogP contribution in [0.3, 0.4) is 0 Å². The first-order chi connectivity index (χ1) is 9.07. The summed E-state index contributed by atoms with van der Waals surface area (Å²) in [6.07, 6.45) is 1.68. The minimum absolute atomic E-state index is 0.247. The predicted molar refractivity (Wildman–Crippen MR) is 80.2 cm³/mol. The summed E-state index contributed by atoms with van der Waals surface area (Å²) in [4.78, 5) is 3.98. The Morgan fingerprint density at radius 3 is 2.32 bits per heavy atom. The average molecular weight is 253 g/mol. The second-order valence-electron chi connectivity index (χ2n) is 5.12. The standard InChI is InChI=1S/C17H19NO/c1-17(2,14-9-5-4-6-10-14)15-11-7-8-13(12-18-3)16(15)19/h4-12,19H,1-3H3. The Morgan fingerprint density at radius 1 is 1.00 bits per heavy atom. The lowest BCUT2D eigenvalue weighted by atomic mass is 9.77. The fourth-order valence-corrected chi connectivity index (χ4v) is 2.32. The van der Waals surface area contributed by atoms with Crippen LogP contribution in [0.15, 0.2) is 53.5 Å². The van der Waals surface area contributed by atoms with Gasteiger partial charge in [-0.2, -0.15) is 0 Å². The molecule has 0 radical (unpaired) electrons. The Kier molecular flexibility index (Phi) is 3.70. The van der Waals surface area contributed by atoms with Crippen LogP contribution in [0.4, 0.5) is 0 Å². The molecule has 0 unspecified atom stereocenters. The molecule has 98 valence electrons. The van der Waals surface area contributed by atoms with Crippen molar-refractivity contribution in [1.29, 1.82) is 0 Å². The second-order valence-corrected chi connectivity index (χ2v) is 5.12. The number of aromatic hydroxyl groups is 1. The number of benzene rings is 2. The number of aliphatic imine (C=N–C) groups is 1. The van der Waals surface area contributed by atoms with Gasteiger partial charge in [-0.15, -0.1) is 0 Å². The van der Waals surface area contributed by atoms with Crippen molar-refractivity contribution in [2.45, 2.75) is 19.3 Å². The monoisotopic (exact) mass is 253 g/mol. The highest BCUT2D eigenvalue weighted by Crippen LogP contribution is 2.37. The van der Waals surface area contributed by atoms with E-state index in [2.05, 4.69) is 31.0 Å². The van der Waals surface area contributed by atoms with Gasteiger partial charge in [-0.25, -0.2) is 0 Å². The fourth-order valence-electron chi connectivity index (χ4n) is 2.32. The molecule has 0 bridgehead atoms. The van der Waals surface area contributed by atoms with Gasteiger partial charge >= 0.3 is 0 Å². The van der Waals surface area contributed by atoms with E-state index in [4.69, 9.17) is 0 Å². The molecule has 2 rings (SSSR count). The molecule has 0 amide bonds. The normalized spacial score (nSPS) is 11.9. The van der Waals surface area contributed by atoms with Gasteiger partial charge in [0.1, 0.15) is 5.75 Å². The molecule has 0 aliphatic rings. The van der Waals surface area contributed by atoms with Gasteiger partial charge in [-0.05, 0) is 11.6 Å². The number of phenolic OH excluding ortho intramolecular Hbond substituents is 1. The minimum atomic E-state index is -0.247. The van der Waals surface area contributed by atoms with Crippen molar-refractivity contribution in [2.75, 3.05) is 7.05 Å². The van der Waals surface area contributed by atoms with Crippen molar-refractivity contribution < 1.29 is 5.11 Å². The molecule has 0 saturated heterocycles. The summed E-state index contributed by atoms with van der Waals surface area (Å²) < 4.78 is 0. The van der Waals surface area contributed by atoms with Gasteiger partial charge in [-0.1, -0.05) is 56.3 Å². The van der Waals surface area contributed by atoms with Crippen molar-refractivity contribution in [1.82, 2.24) is 0 Å². The molecule has 2 aromatic rings. The Bertz CT molecular complexity index is 585. The Labute approximate surface area is 114 Å². The molecule has 2 aromatic carbocycles. The highest BCUT2D eigenvalue weighted by atomic mass is 16.3. The number of hydrogen-bond donors (Lipinski definition) is 1. The van der Waals surface area contributed by atoms with Crippen molar-refractivity contribution >= 4 is 6.21 Å². The highest BCUT2D eigenvalue weighted by Gasteiger charge is 2.26. The summed E-state index contributed by atoms with van der Waals surface area (Å²) in [5, 5.41) is 10.4. The number of phenols is 1. The van der Waals surface area contributed by atoms with Crippen LogP contribution in [-0.2, 0) is 5.41 Å². The topological polar surface area (TPSA) is 32.6 Å². The van der Waals surface area contributed by atoms with E-state index < -0.39 is 0 Å². The lowest BCUT2D eigenvalue weighted by molar-refractivity contribution is 0.452. The maximum absolute atomic E-state index is 10.4. The van der Waals surface area contributed by atoms with E-state index in [-0.39, 0.29) is 5.41 Å². The van der Waals surface area contributed by atoms with E-state index in [0.29, 0.717) is 5.75 Å². The van der Waals surface area contributed by atoms with Crippen molar-refractivity contribution in [3.8, 4) is 5.75 Å². The Morgan fingerprint density at radius 2 is 1.68 bits per heavy atom. The van der Waals surface area contributed by atoms with Gasteiger partial charge in [0, 0.05) is 29.8 Å². The third-order valence-corrected chi connectivity index (χ3v) is 3.50.